The molecule has 0 amide bonds. The second-order valence-corrected chi connectivity index (χ2v) is 9.37. The third kappa shape index (κ3) is 2.70. The summed E-state index contributed by atoms with van der Waals surface area (Å²) in [5.74, 6) is 0.834. The predicted molar refractivity (Wildman–Crippen MR) is 96.1 cm³/mol. The summed E-state index contributed by atoms with van der Waals surface area (Å²) in [5.41, 5.74) is 2.65. The van der Waals surface area contributed by atoms with Gasteiger partial charge in [0.05, 0.1) is 17.8 Å². The minimum Gasteiger partial charge on any atom is -0.546 e. The molecule has 0 unspecified atom stereocenters. The van der Waals surface area contributed by atoms with Crippen LogP contribution in [0.2, 0.25) is 0 Å². The summed E-state index contributed by atoms with van der Waals surface area (Å²) in [6.07, 6.45) is 10.7. The maximum Gasteiger partial charge on any atom is 0.156 e. The Hall–Kier alpha value is -1.36. The zero-order valence-corrected chi connectivity index (χ0v) is 15.9. The first-order valence-electron chi connectivity index (χ1n) is 10.1. The first-order valence-corrected chi connectivity index (χ1v) is 10.1. The number of oxime groups is 1. The topological polar surface area (TPSA) is 82.0 Å². The average molecular weight is 360 g/mol. The van der Waals surface area contributed by atoms with Gasteiger partial charge in [0.2, 0.25) is 0 Å². The van der Waals surface area contributed by atoms with Gasteiger partial charge in [0, 0.05) is 0 Å². The van der Waals surface area contributed by atoms with Crippen molar-refractivity contribution in [2.24, 2.45) is 33.7 Å². The SMILES string of the molecule is C[C@]12CC[C@@H]3[C@H](CCC4=CC(=NOCC(=O)[O-])CC[C@@]43C)[C@@H]1CC[C@@H]2O. The van der Waals surface area contributed by atoms with Crippen LogP contribution in [0.15, 0.2) is 16.8 Å². The van der Waals surface area contributed by atoms with Gasteiger partial charge < -0.3 is 19.8 Å². The highest BCUT2D eigenvalue weighted by Crippen LogP contribution is 2.65. The average Bonchev–Trinajstić information content (AvgIpc) is 2.90. The van der Waals surface area contributed by atoms with Crippen molar-refractivity contribution in [1.82, 2.24) is 0 Å². The van der Waals surface area contributed by atoms with Crippen molar-refractivity contribution in [1.29, 1.82) is 0 Å². The van der Waals surface area contributed by atoms with Gasteiger partial charge in [-0.05, 0) is 86.0 Å². The van der Waals surface area contributed by atoms with Crippen LogP contribution in [0.25, 0.3) is 0 Å². The minimum absolute atomic E-state index is 0.121. The molecule has 4 aliphatic rings. The summed E-state index contributed by atoms with van der Waals surface area (Å²) in [5, 5.41) is 25.0. The highest BCUT2D eigenvalue weighted by atomic mass is 16.6. The van der Waals surface area contributed by atoms with E-state index in [2.05, 4.69) is 25.1 Å². The van der Waals surface area contributed by atoms with Gasteiger partial charge in [-0.3, -0.25) is 0 Å². The Kier molecular flexibility index (Phi) is 4.41. The van der Waals surface area contributed by atoms with Crippen LogP contribution in [-0.4, -0.2) is 29.5 Å². The maximum absolute atomic E-state index is 10.5. The number of aliphatic hydroxyl groups is 1. The number of aliphatic carboxylic acids is 1. The van der Waals surface area contributed by atoms with Crippen molar-refractivity contribution in [2.75, 3.05) is 6.61 Å². The molecule has 3 saturated carbocycles. The maximum atomic E-state index is 10.5. The monoisotopic (exact) mass is 360 g/mol. The molecule has 0 aromatic heterocycles. The number of hydrogen-bond donors (Lipinski definition) is 1. The van der Waals surface area contributed by atoms with E-state index in [0.717, 1.165) is 43.7 Å². The van der Waals surface area contributed by atoms with Crippen molar-refractivity contribution in [3.8, 4) is 0 Å². The van der Waals surface area contributed by atoms with Crippen LogP contribution in [0.4, 0.5) is 0 Å². The molecule has 5 nitrogen and oxygen atoms in total. The third-order valence-electron chi connectivity index (χ3n) is 8.29. The zero-order valence-electron chi connectivity index (χ0n) is 15.9. The highest BCUT2D eigenvalue weighted by Gasteiger charge is 2.58. The Morgan fingerprint density at radius 2 is 2.04 bits per heavy atom. The number of carboxylic acids is 1. The fraction of sp³-hybridized carbons (Fsp3) is 0.810. The number of nitrogens with zero attached hydrogens (tertiary/aromatic N) is 1. The van der Waals surface area contributed by atoms with E-state index in [1.165, 1.54) is 24.8 Å². The smallest absolute Gasteiger partial charge is 0.156 e. The summed E-state index contributed by atoms with van der Waals surface area (Å²) >= 11 is 0. The molecule has 0 heterocycles. The normalized spacial score (nSPS) is 46.1. The molecule has 3 fully saturated rings. The fourth-order valence-electron chi connectivity index (χ4n) is 6.78. The molecule has 4 rings (SSSR count). The predicted octanol–water partition coefficient (Wildman–Crippen LogP) is 2.43. The van der Waals surface area contributed by atoms with E-state index in [4.69, 9.17) is 4.84 Å². The van der Waals surface area contributed by atoms with Gasteiger partial charge in [0.1, 0.15) is 0 Å². The number of hydrogen-bond acceptors (Lipinski definition) is 5. The number of rotatable bonds is 3. The Balaban J connectivity index is 1.55. The second kappa shape index (κ2) is 6.36. The van der Waals surface area contributed by atoms with E-state index in [-0.39, 0.29) is 16.9 Å². The molecule has 144 valence electrons. The highest BCUT2D eigenvalue weighted by molar-refractivity contribution is 5.96. The van der Waals surface area contributed by atoms with E-state index >= 15 is 0 Å². The molecule has 6 atom stereocenters. The number of carboxylic acid groups (broad SMARTS) is 1. The summed E-state index contributed by atoms with van der Waals surface area (Å²) in [6.45, 7) is 4.25. The Morgan fingerprint density at radius 3 is 2.81 bits per heavy atom. The van der Waals surface area contributed by atoms with E-state index in [1.54, 1.807) is 0 Å². The van der Waals surface area contributed by atoms with Crippen LogP contribution >= 0.6 is 0 Å². The van der Waals surface area contributed by atoms with E-state index in [9.17, 15) is 15.0 Å². The molecule has 0 spiro atoms. The van der Waals surface area contributed by atoms with Crippen molar-refractivity contribution < 1.29 is 19.8 Å². The Bertz CT molecular complexity index is 656. The van der Waals surface area contributed by atoms with Crippen LogP contribution < -0.4 is 5.11 Å². The number of allylic oxidation sites excluding steroid dienone is 2. The molecule has 0 saturated heterocycles. The molecular formula is C21H30NO4-. The summed E-state index contributed by atoms with van der Waals surface area (Å²) in [7, 11) is 0. The number of aliphatic hydroxyl groups excluding tert-OH is 1. The van der Waals surface area contributed by atoms with Crippen LogP contribution in [0.1, 0.15) is 65.2 Å². The van der Waals surface area contributed by atoms with Gasteiger partial charge in [-0.1, -0.05) is 24.6 Å². The number of fused-ring (bicyclic) bond motifs is 5. The van der Waals surface area contributed by atoms with E-state index < -0.39 is 12.6 Å². The molecule has 0 aromatic rings. The molecule has 0 aliphatic heterocycles. The van der Waals surface area contributed by atoms with Crippen LogP contribution in [0.5, 0.6) is 0 Å². The van der Waals surface area contributed by atoms with Gasteiger partial charge in [-0.25, -0.2) is 0 Å². The van der Waals surface area contributed by atoms with Crippen LogP contribution in [-0.2, 0) is 9.63 Å². The molecule has 0 radical (unpaired) electrons. The molecular weight excluding hydrogens is 330 g/mol. The minimum atomic E-state index is -1.24. The molecule has 0 aromatic carbocycles. The largest absolute Gasteiger partial charge is 0.546 e. The molecule has 1 N–H and O–H groups in total. The lowest BCUT2D eigenvalue weighted by Gasteiger charge is -2.57. The van der Waals surface area contributed by atoms with Crippen LogP contribution in [0, 0.1) is 28.6 Å². The van der Waals surface area contributed by atoms with Crippen molar-refractivity contribution in [2.45, 2.75) is 71.3 Å². The lowest BCUT2D eigenvalue weighted by molar-refractivity contribution is -0.309. The Morgan fingerprint density at radius 1 is 1.23 bits per heavy atom. The molecule has 26 heavy (non-hydrogen) atoms. The van der Waals surface area contributed by atoms with Gasteiger partial charge in [-0.2, -0.15) is 0 Å². The van der Waals surface area contributed by atoms with E-state index in [1.807, 2.05) is 0 Å². The lowest BCUT2D eigenvalue weighted by atomic mass is 9.47. The van der Waals surface area contributed by atoms with E-state index in [0.29, 0.717) is 11.8 Å². The van der Waals surface area contributed by atoms with Gasteiger partial charge in [-0.15, -0.1) is 0 Å². The molecule has 0 bridgehead atoms. The standard InChI is InChI=1S/C21H31NO4/c1-20-9-7-14(22-26-12-19(24)25)11-13(20)3-4-15-16-5-6-18(23)21(16,2)10-8-17(15)20/h11,15-18,23H,3-10,12H2,1-2H3,(H,24,25)/p-1/t15-,16+,17-,18+,20+,21+/m1/s1. The first kappa shape index (κ1) is 18.0. The second-order valence-electron chi connectivity index (χ2n) is 9.37. The van der Waals surface area contributed by atoms with Gasteiger partial charge in [0.25, 0.3) is 0 Å². The quantitative estimate of drug-likeness (QED) is 0.784. The Labute approximate surface area is 155 Å². The molecule has 4 aliphatic carbocycles. The summed E-state index contributed by atoms with van der Waals surface area (Å²) in [6, 6.07) is 0. The summed E-state index contributed by atoms with van der Waals surface area (Å²) < 4.78 is 0. The lowest BCUT2D eigenvalue weighted by Crippen LogP contribution is -2.51. The first-order chi connectivity index (χ1) is 12.3. The molecule has 5 heteroatoms. The van der Waals surface area contributed by atoms with Crippen molar-refractivity contribution in [3.63, 3.8) is 0 Å². The van der Waals surface area contributed by atoms with Crippen molar-refractivity contribution >= 4 is 11.7 Å². The zero-order chi connectivity index (χ0) is 18.5. The fourth-order valence-corrected chi connectivity index (χ4v) is 6.78. The third-order valence-corrected chi connectivity index (χ3v) is 8.29. The number of carbonyl (C=O) groups excluding carboxylic acids is 1. The van der Waals surface area contributed by atoms with Gasteiger partial charge >= 0.3 is 0 Å². The van der Waals surface area contributed by atoms with Crippen molar-refractivity contribution in [3.05, 3.63) is 11.6 Å². The number of carbonyl (C=O) groups is 1. The van der Waals surface area contributed by atoms with Crippen LogP contribution in [0.3, 0.4) is 0 Å². The van der Waals surface area contributed by atoms with Gasteiger partial charge in [0.15, 0.2) is 6.61 Å². The summed E-state index contributed by atoms with van der Waals surface area (Å²) in [4.78, 5) is 15.4.